The predicted octanol–water partition coefficient (Wildman–Crippen LogP) is 2.28. The van der Waals surface area contributed by atoms with Crippen molar-refractivity contribution in [1.82, 2.24) is 4.90 Å². The molecule has 0 heterocycles. The van der Waals surface area contributed by atoms with Crippen molar-refractivity contribution in [3.8, 4) is 0 Å². The van der Waals surface area contributed by atoms with Crippen LogP contribution in [0.15, 0.2) is 0 Å². The van der Waals surface area contributed by atoms with Crippen molar-refractivity contribution in [1.29, 1.82) is 0 Å². The fourth-order valence-corrected chi connectivity index (χ4v) is 2.52. The molecule has 0 aromatic rings. The molecule has 1 aliphatic rings. The molecule has 0 unspecified atom stereocenters. The number of carboxylic acid groups (broad SMARTS) is 1. The lowest BCUT2D eigenvalue weighted by Gasteiger charge is -2.38. The molecule has 1 amide bonds. The van der Waals surface area contributed by atoms with E-state index in [-0.39, 0.29) is 11.3 Å². The van der Waals surface area contributed by atoms with Gasteiger partial charge in [-0.15, -0.1) is 0 Å². The molecule has 4 heteroatoms. The second kappa shape index (κ2) is 4.67. The zero-order valence-electron chi connectivity index (χ0n) is 11.2. The number of aliphatic carboxylic acids is 1. The molecule has 0 spiro atoms. The number of carboxylic acids is 1. The number of likely N-dealkylation sites (N-methyl/N-ethyl adjacent to an activating group) is 1. The summed E-state index contributed by atoms with van der Waals surface area (Å²) in [5, 5.41) is 9.17. The maximum Gasteiger partial charge on any atom is 0.329 e. The summed E-state index contributed by atoms with van der Waals surface area (Å²) < 4.78 is 0. The van der Waals surface area contributed by atoms with Gasteiger partial charge in [0.1, 0.15) is 5.54 Å². The lowest BCUT2D eigenvalue weighted by atomic mass is 9.81. The molecule has 0 atom stereocenters. The number of carbonyl (C=O) groups is 2. The number of rotatable bonds is 4. The predicted molar refractivity (Wildman–Crippen MR) is 65.7 cm³/mol. The average molecular weight is 241 g/mol. The average Bonchev–Trinajstić information content (AvgIpc) is 2.76. The minimum absolute atomic E-state index is 0.00935. The SMILES string of the molecule is CCC1(C(=O)N(C)C(C)(C)C(=O)O)CCCC1. The van der Waals surface area contributed by atoms with Crippen LogP contribution in [0.5, 0.6) is 0 Å². The van der Waals surface area contributed by atoms with Crippen LogP contribution in [0.2, 0.25) is 0 Å². The van der Waals surface area contributed by atoms with Crippen molar-refractivity contribution in [3.05, 3.63) is 0 Å². The molecular formula is C13H23NO3. The fourth-order valence-electron chi connectivity index (χ4n) is 2.52. The Labute approximate surface area is 103 Å². The summed E-state index contributed by atoms with van der Waals surface area (Å²) in [6, 6.07) is 0. The Kier molecular flexibility index (Phi) is 3.84. The van der Waals surface area contributed by atoms with E-state index < -0.39 is 11.5 Å². The first-order chi connectivity index (χ1) is 7.78. The highest BCUT2D eigenvalue weighted by Gasteiger charge is 2.46. The Morgan fingerprint density at radius 1 is 1.29 bits per heavy atom. The van der Waals surface area contributed by atoms with Gasteiger partial charge in [0, 0.05) is 12.5 Å². The topological polar surface area (TPSA) is 57.6 Å². The van der Waals surface area contributed by atoms with Crippen LogP contribution in [0.4, 0.5) is 0 Å². The first kappa shape index (κ1) is 14.0. The quantitative estimate of drug-likeness (QED) is 0.821. The fraction of sp³-hybridized carbons (Fsp3) is 0.846. The summed E-state index contributed by atoms with van der Waals surface area (Å²) in [6.45, 7) is 5.17. The van der Waals surface area contributed by atoms with Gasteiger partial charge in [0.2, 0.25) is 5.91 Å². The van der Waals surface area contributed by atoms with Gasteiger partial charge in [0.05, 0.1) is 0 Å². The highest BCUT2D eigenvalue weighted by atomic mass is 16.4. The standard InChI is InChI=1S/C13H23NO3/c1-5-13(8-6-7-9-13)10(15)14(4)12(2,3)11(16)17/h5-9H2,1-4H3,(H,16,17). The van der Waals surface area contributed by atoms with E-state index in [2.05, 4.69) is 0 Å². The Bertz CT molecular complexity index is 317. The van der Waals surface area contributed by atoms with Gasteiger partial charge in [-0.05, 0) is 33.1 Å². The van der Waals surface area contributed by atoms with E-state index in [9.17, 15) is 9.59 Å². The van der Waals surface area contributed by atoms with E-state index in [0.717, 1.165) is 32.1 Å². The van der Waals surface area contributed by atoms with Crippen LogP contribution in [0.1, 0.15) is 52.9 Å². The Hall–Kier alpha value is -1.06. The molecule has 0 aromatic carbocycles. The Balaban J connectivity index is 2.92. The van der Waals surface area contributed by atoms with Crippen molar-refractivity contribution < 1.29 is 14.7 Å². The highest BCUT2D eigenvalue weighted by molar-refractivity contribution is 5.89. The molecule has 1 fully saturated rings. The monoisotopic (exact) mass is 241 g/mol. The van der Waals surface area contributed by atoms with Gasteiger partial charge < -0.3 is 10.0 Å². The van der Waals surface area contributed by atoms with Gasteiger partial charge in [-0.2, -0.15) is 0 Å². The molecule has 4 nitrogen and oxygen atoms in total. The second-order valence-electron chi connectivity index (χ2n) is 5.57. The van der Waals surface area contributed by atoms with Crippen LogP contribution in [0.3, 0.4) is 0 Å². The molecule has 0 aliphatic heterocycles. The van der Waals surface area contributed by atoms with Crippen molar-refractivity contribution in [2.45, 2.75) is 58.4 Å². The summed E-state index contributed by atoms with van der Waals surface area (Å²) in [5.41, 5.74) is -1.46. The third kappa shape index (κ3) is 2.31. The van der Waals surface area contributed by atoms with Crippen LogP contribution >= 0.6 is 0 Å². The molecule has 1 N–H and O–H groups in total. The Morgan fingerprint density at radius 2 is 1.76 bits per heavy atom. The van der Waals surface area contributed by atoms with Crippen molar-refractivity contribution in [3.63, 3.8) is 0 Å². The molecule has 1 saturated carbocycles. The summed E-state index contributed by atoms with van der Waals surface area (Å²) in [6.07, 6.45) is 4.72. The largest absolute Gasteiger partial charge is 0.480 e. The molecule has 0 aromatic heterocycles. The highest BCUT2D eigenvalue weighted by Crippen LogP contribution is 2.43. The maximum atomic E-state index is 12.5. The normalized spacial score (nSPS) is 19.1. The molecule has 0 radical (unpaired) electrons. The number of nitrogens with zero attached hydrogens (tertiary/aromatic N) is 1. The summed E-state index contributed by atoms with van der Waals surface area (Å²) >= 11 is 0. The van der Waals surface area contributed by atoms with Gasteiger partial charge in [-0.25, -0.2) is 4.79 Å². The van der Waals surface area contributed by atoms with Crippen LogP contribution in [0.25, 0.3) is 0 Å². The number of hydrogen-bond donors (Lipinski definition) is 1. The van der Waals surface area contributed by atoms with Gasteiger partial charge in [0.25, 0.3) is 0 Å². The first-order valence-electron chi connectivity index (χ1n) is 6.29. The Morgan fingerprint density at radius 3 is 2.12 bits per heavy atom. The van der Waals surface area contributed by atoms with E-state index in [1.807, 2.05) is 6.92 Å². The van der Waals surface area contributed by atoms with E-state index in [0.29, 0.717) is 0 Å². The maximum absolute atomic E-state index is 12.5. The number of amides is 1. The van der Waals surface area contributed by atoms with E-state index in [1.54, 1.807) is 20.9 Å². The minimum atomic E-state index is -1.14. The van der Waals surface area contributed by atoms with E-state index in [4.69, 9.17) is 5.11 Å². The third-order valence-corrected chi connectivity index (χ3v) is 4.36. The molecule has 1 rings (SSSR count). The summed E-state index contributed by atoms with van der Waals surface area (Å²) in [5.74, 6) is -0.970. The van der Waals surface area contributed by atoms with Gasteiger partial charge in [-0.1, -0.05) is 19.8 Å². The van der Waals surface area contributed by atoms with E-state index >= 15 is 0 Å². The van der Waals surface area contributed by atoms with E-state index in [1.165, 1.54) is 4.90 Å². The van der Waals surface area contributed by atoms with Crippen LogP contribution < -0.4 is 0 Å². The van der Waals surface area contributed by atoms with Crippen molar-refractivity contribution >= 4 is 11.9 Å². The zero-order chi connectivity index (χ0) is 13.3. The van der Waals surface area contributed by atoms with Crippen molar-refractivity contribution in [2.24, 2.45) is 5.41 Å². The molecule has 1 aliphatic carbocycles. The molecule has 0 bridgehead atoms. The zero-order valence-corrected chi connectivity index (χ0v) is 11.2. The van der Waals surface area contributed by atoms with Gasteiger partial charge in [0.15, 0.2) is 0 Å². The third-order valence-electron chi connectivity index (χ3n) is 4.36. The summed E-state index contributed by atoms with van der Waals surface area (Å²) in [7, 11) is 1.60. The first-order valence-corrected chi connectivity index (χ1v) is 6.29. The van der Waals surface area contributed by atoms with Crippen molar-refractivity contribution in [2.75, 3.05) is 7.05 Å². The number of hydrogen-bond acceptors (Lipinski definition) is 2. The lowest BCUT2D eigenvalue weighted by molar-refractivity contribution is -0.160. The minimum Gasteiger partial charge on any atom is -0.480 e. The van der Waals surface area contributed by atoms with Crippen LogP contribution in [0, 0.1) is 5.41 Å². The molecule has 0 saturated heterocycles. The van der Waals surface area contributed by atoms with Crippen LogP contribution in [-0.4, -0.2) is 34.5 Å². The van der Waals surface area contributed by atoms with Gasteiger partial charge >= 0.3 is 5.97 Å². The lowest BCUT2D eigenvalue weighted by Crippen LogP contribution is -2.54. The number of carbonyl (C=O) groups excluding carboxylic acids is 1. The molecule has 98 valence electrons. The summed E-state index contributed by atoms with van der Waals surface area (Å²) in [4.78, 5) is 25.1. The molecular weight excluding hydrogens is 218 g/mol. The molecule has 17 heavy (non-hydrogen) atoms. The smallest absolute Gasteiger partial charge is 0.329 e. The van der Waals surface area contributed by atoms with Crippen LogP contribution in [-0.2, 0) is 9.59 Å². The second-order valence-corrected chi connectivity index (χ2v) is 5.57. The van der Waals surface area contributed by atoms with Gasteiger partial charge in [-0.3, -0.25) is 4.79 Å².